The molecule has 10 heteroatoms. The smallest absolute Gasteiger partial charge is 0.418 e. The second-order valence-electron chi connectivity index (χ2n) is 6.94. The first-order chi connectivity index (χ1) is 13.7. The molecule has 0 fully saturated rings. The number of hydrogen-bond donors (Lipinski definition) is 2. The van der Waals surface area contributed by atoms with Gasteiger partial charge in [0.05, 0.1) is 0 Å². The number of amides is 1. The third-order valence-electron chi connectivity index (χ3n) is 4.11. The van der Waals surface area contributed by atoms with E-state index in [1.54, 1.807) is 21.7 Å². The number of imidazole rings is 1. The van der Waals surface area contributed by atoms with Crippen molar-refractivity contribution in [2.75, 3.05) is 0 Å². The molecule has 2 N–H and O–H groups in total. The summed E-state index contributed by atoms with van der Waals surface area (Å²) in [4.78, 5) is 15.8. The van der Waals surface area contributed by atoms with E-state index >= 15 is 0 Å². The number of thiophene rings is 1. The Labute approximate surface area is 178 Å². The zero-order valence-electron chi connectivity index (χ0n) is 15.8. The molecule has 2 heterocycles. The Bertz CT molecular complexity index is 1120. The van der Waals surface area contributed by atoms with Crippen molar-refractivity contribution in [1.29, 1.82) is 0 Å². The molecule has 1 amide bonds. The van der Waals surface area contributed by atoms with Crippen molar-refractivity contribution in [3.63, 3.8) is 0 Å². The van der Waals surface area contributed by atoms with E-state index in [4.69, 9.17) is 16.7 Å². The van der Waals surface area contributed by atoms with E-state index in [2.05, 4.69) is 4.98 Å². The van der Waals surface area contributed by atoms with E-state index in [0.717, 1.165) is 21.8 Å². The molecule has 2 aromatic heterocycles. The van der Waals surface area contributed by atoms with Gasteiger partial charge in [-0.05, 0) is 41.1 Å². The van der Waals surface area contributed by atoms with Crippen LogP contribution in [0.2, 0.25) is 5.28 Å². The Kier molecular flexibility index (Phi) is 6.30. The zero-order chi connectivity index (χ0) is 21.2. The summed E-state index contributed by atoms with van der Waals surface area (Å²) in [5.74, 6) is 0.340. The second-order valence-corrected chi connectivity index (χ2v) is 10.3. The number of carboxylic acid groups (broad SMARTS) is 1. The fourth-order valence-electron chi connectivity index (χ4n) is 2.90. The largest absolute Gasteiger partial charge is 0.464 e. The lowest BCUT2D eigenvalue weighted by Gasteiger charge is -2.08. The summed E-state index contributed by atoms with van der Waals surface area (Å²) in [5, 5.41) is 9.29. The van der Waals surface area contributed by atoms with Crippen LogP contribution in [0.3, 0.4) is 0 Å². The number of aromatic nitrogens is 2. The summed E-state index contributed by atoms with van der Waals surface area (Å²) in [6, 6.07) is 9.23. The van der Waals surface area contributed by atoms with Crippen LogP contribution in [-0.2, 0) is 23.0 Å². The predicted molar refractivity (Wildman–Crippen MR) is 113 cm³/mol. The van der Waals surface area contributed by atoms with E-state index in [9.17, 15) is 13.2 Å². The monoisotopic (exact) mass is 453 g/mol. The van der Waals surface area contributed by atoms with Gasteiger partial charge in [0.1, 0.15) is 4.21 Å². The molecular formula is C19H20ClN3O4S2. The van der Waals surface area contributed by atoms with Crippen LogP contribution in [0.15, 0.2) is 46.9 Å². The van der Waals surface area contributed by atoms with E-state index in [-0.39, 0.29) is 4.21 Å². The minimum atomic E-state index is -4.17. The second kappa shape index (κ2) is 8.56. The van der Waals surface area contributed by atoms with Crippen molar-refractivity contribution in [2.24, 2.45) is 5.92 Å². The van der Waals surface area contributed by atoms with Gasteiger partial charge in [-0.15, -0.1) is 11.3 Å². The van der Waals surface area contributed by atoms with Crippen LogP contribution < -0.4 is 4.72 Å². The summed E-state index contributed by atoms with van der Waals surface area (Å²) in [6.07, 6.45) is 2.49. The first-order valence-corrected chi connectivity index (χ1v) is 11.5. The van der Waals surface area contributed by atoms with E-state index in [0.29, 0.717) is 35.3 Å². The Hall–Kier alpha value is -2.36. The van der Waals surface area contributed by atoms with Crippen molar-refractivity contribution in [2.45, 2.75) is 31.0 Å². The fourth-order valence-corrected chi connectivity index (χ4v) is 5.87. The number of benzene rings is 1. The van der Waals surface area contributed by atoms with Gasteiger partial charge in [0, 0.05) is 29.4 Å². The molecule has 0 aliphatic carbocycles. The summed E-state index contributed by atoms with van der Waals surface area (Å²) in [5.41, 5.74) is 2.16. The predicted octanol–water partition coefficient (Wildman–Crippen LogP) is 4.47. The maximum absolute atomic E-state index is 12.5. The third kappa shape index (κ3) is 5.17. The Balaban J connectivity index is 1.97. The average molecular weight is 454 g/mol. The summed E-state index contributed by atoms with van der Waals surface area (Å²) >= 11 is 7.10. The van der Waals surface area contributed by atoms with Crippen LogP contribution in [0, 0.1) is 5.92 Å². The Morgan fingerprint density at radius 2 is 2.00 bits per heavy atom. The van der Waals surface area contributed by atoms with Gasteiger partial charge in [0.15, 0.2) is 0 Å². The zero-order valence-corrected chi connectivity index (χ0v) is 18.2. The fraction of sp³-hybridized carbons (Fsp3) is 0.263. The topological polar surface area (TPSA) is 101 Å². The Morgan fingerprint density at radius 1 is 1.31 bits per heavy atom. The molecule has 29 heavy (non-hydrogen) atoms. The SMILES string of the molecule is CC(C)Cc1cc(-c2ccc(Cn3ccnc3Cl)cc2)c(S(=O)(=O)NC(=O)O)s1. The number of rotatable bonds is 7. The number of halogens is 1. The summed E-state index contributed by atoms with van der Waals surface area (Å²) in [6.45, 7) is 4.62. The average Bonchev–Trinajstić information content (AvgIpc) is 3.21. The van der Waals surface area contributed by atoms with Gasteiger partial charge >= 0.3 is 6.09 Å². The van der Waals surface area contributed by atoms with Gasteiger partial charge < -0.3 is 9.67 Å². The normalized spacial score (nSPS) is 11.7. The van der Waals surface area contributed by atoms with Crippen molar-refractivity contribution in [1.82, 2.24) is 14.3 Å². The molecule has 0 saturated carbocycles. The maximum Gasteiger partial charge on any atom is 0.418 e. The lowest BCUT2D eigenvalue weighted by Crippen LogP contribution is -2.28. The summed E-state index contributed by atoms with van der Waals surface area (Å²) < 4.78 is 28.5. The lowest BCUT2D eigenvalue weighted by atomic mass is 10.0. The van der Waals surface area contributed by atoms with Gasteiger partial charge in [-0.3, -0.25) is 0 Å². The number of hydrogen-bond acceptors (Lipinski definition) is 5. The van der Waals surface area contributed by atoms with Crippen LogP contribution >= 0.6 is 22.9 Å². The number of nitrogens with one attached hydrogen (secondary N) is 1. The molecule has 154 valence electrons. The lowest BCUT2D eigenvalue weighted by molar-refractivity contribution is 0.201. The van der Waals surface area contributed by atoms with E-state index in [1.165, 1.54) is 0 Å². The van der Waals surface area contributed by atoms with Crippen molar-refractivity contribution < 1.29 is 18.3 Å². The van der Waals surface area contributed by atoms with E-state index in [1.807, 2.05) is 44.2 Å². The number of sulfonamides is 1. The Morgan fingerprint density at radius 3 is 2.55 bits per heavy atom. The molecular weight excluding hydrogens is 434 g/mol. The minimum Gasteiger partial charge on any atom is -0.464 e. The molecule has 1 aromatic carbocycles. The molecule has 0 radical (unpaired) electrons. The third-order valence-corrected chi connectivity index (χ3v) is 7.43. The van der Waals surface area contributed by atoms with E-state index < -0.39 is 16.1 Å². The molecule has 0 spiro atoms. The quantitative estimate of drug-likeness (QED) is 0.549. The molecule has 0 atom stereocenters. The van der Waals surface area contributed by atoms with Crippen molar-refractivity contribution in [3.05, 3.63) is 58.4 Å². The first kappa shape index (κ1) is 21.4. The highest BCUT2D eigenvalue weighted by molar-refractivity contribution is 7.92. The molecule has 0 saturated heterocycles. The van der Waals surface area contributed by atoms with Crippen LogP contribution in [0.1, 0.15) is 24.3 Å². The highest BCUT2D eigenvalue weighted by Crippen LogP contribution is 2.36. The van der Waals surface area contributed by atoms with Gasteiger partial charge in [-0.2, -0.15) is 0 Å². The molecule has 0 bridgehead atoms. The summed E-state index contributed by atoms with van der Waals surface area (Å²) in [7, 11) is -4.17. The molecule has 7 nitrogen and oxygen atoms in total. The number of carbonyl (C=O) groups is 1. The van der Waals surface area contributed by atoms with Crippen LogP contribution in [0.5, 0.6) is 0 Å². The maximum atomic E-state index is 12.5. The van der Waals surface area contributed by atoms with Gasteiger partial charge in [0.25, 0.3) is 10.0 Å². The van der Waals surface area contributed by atoms with Crippen LogP contribution in [0.4, 0.5) is 4.79 Å². The highest BCUT2D eigenvalue weighted by Gasteiger charge is 2.25. The molecule has 0 unspecified atom stereocenters. The van der Waals surface area contributed by atoms with Gasteiger partial charge in [-0.1, -0.05) is 38.1 Å². The molecule has 3 rings (SSSR count). The molecule has 3 aromatic rings. The standard InChI is InChI=1S/C19H20ClN3O4S2/c1-12(2)9-15-10-16(17(28-15)29(26,27)22-19(24)25)14-5-3-13(4-6-14)11-23-8-7-21-18(23)20/h3-8,10,12,22H,9,11H2,1-2H3,(H,24,25). The molecule has 0 aliphatic heterocycles. The van der Waals surface area contributed by atoms with Crippen LogP contribution in [0.25, 0.3) is 11.1 Å². The van der Waals surface area contributed by atoms with Gasteiger partial charge in [0.2, 0.25) is 5.28 Å². The minimum absolute atomic E-state index is 0.000883. The number of nitrogens with zero attached hydrogens (tertiary/aromatic N) is 2. The van der Waals surface area contributed by atoms with Crippen molar-refractivity contribution >= 4 is 39.1 Å². The molecule has 0 aliphatic rings. The van der Waals surface area contributed by atoms with Crippen molar-refractivity contribution in [3.8, 4) is 11.1 Å². The first-order valence-electron chi connectivity index (χ1n) is 8.80. The van der Waals surface area contributed by atoms with Gasteiger partial charge in [-0.25, -0.2) is 22.9 Å². The van der Waals surface area contributed by atoms with Crippen LogP contribution in [-0.4, -0.2) is 29.2 Å². The highest BCUT2D eigenvalue weighted by atomic mass is 35.5.